The number of benzene rings is 1. The normalized spacial score (nSPS) is 11.4. The summed E-state index contributed by atoms with van der Waals surface area (Å²) in [6.45, 7) is 0. The molecule has 2 rings (SSSR count). The van der Waals surface area contributed by atoms with Crippen LogP contribution in [0.2, 0.25) is 0 Å². The second kappa shape index (κ2) is 4.38. The molecule has 4 N–H and O–H groups in total. The third-order valence-electron chi connectivity index (χ3n) is 1.99. The van der Waals surface area contributed by atoms with Crippen molar-refractivity contribution in [1.82, 2.24) is 9.97 Å². The topological polar surface area (TPSA) is 101 Å². The monoisotopic (exact) mass is 316 g/mol. The Labute approximate surface area is 106 Å². The van der Waals surface area contributed by atoms with Crippen LogP contribution in [0.5, 0.6) is 0 Å². The zero-order chi connectivity index (χ0) is 12.5. The number of hydrogen-bond acceptors (Lipinski definition) is 4. The van der Waals surface area contributed by atoms with Gasteiger partial charge in [-0.2, -0.15) is 0 Å². The number of anilines is 2. The Morgan fingerprint density at radius 3 is 2.82 bits per heavy atom. The molecule has 0 bridgehead atoms. The van der Waals surface area contributed by atoms with Crippen molar-refractivity contribution in [3.05, 3.63) is 35.1 Å². The summed E-state index contributed by atoms with van der Waals surface area (Å²) in [6.07, 6.45) is 2.96. The Morgan fingerprint density at radius 1 is 1.41 bits per heavy atom. The maximum Gasteiger partial charge on any atom is 0.266 e. The molecule has 6 nitrogen and oxygen atoms in total. The van der Waals surface area contributed by atoms with Gasteiger partial charge in [-0.25, -0.2) is 18.1 Å². The minimum Gasteiger partial charge on any atom is -0.398 e. The molecule has 8 heteroatoms. The number of nitrogens with zero attached hydrogens (tertiary/aromatic N) is 1. The van der Waals surface area contributed by atoms with Crippen molar-refractivity contribution in [2.45, 2.75) is 4.90 Å². The van der Waals surface area contributed by atoms with Gasteiger partial charge in [0.1, 0.15) is 4.90 Å². The smallest absolute Gasteiger partial charge is 0.266 e. The zero-order valence-electron chi connectivity index (χ0n) is 8.51. The first-order valence-corrected chi connectivity index (χ1v) is 6.84. The van der Waals surface area contributed by atoms with Gasteiger partial charge in [0, 0.05) is 16.9 Å². The molecular formula is C9H9BrN4O2S. The third-order valence-corrected chi connectivity index (χ3v) is 3.88. The van der Waals surface area contributed by atoms with Gasteiger partial charge in [-0.05, 0) is 18.2 Å². The predicted octanol–water partition coefficient (Wildman–Crippen LogP) is 1.56. The van der Waals surface area contributed by atoms with E-state index in [1.807, 2.05) is 0 Å². The summed E-state index contributed by atoms with van der Waals surface area (Å²) in [5.41, 5.74) is 5.81. The Morgan fingerprint density at radius 2 is 2.18 bits per heavy atom. The molecular weight excluding hydrogens is 308 g/mol. The van der Waals surface area contributed by atoms with E-state index in [1.54, 1.807) is 6.07 Å². The summed E-state index contributed by atoms with van der Waals surface area (Å²) in [7, 11) is -3.74. The van der Waals surface area contributed by atoms with Crippen LogP contribution in [0.1, 0.15) is 0 Å². The second-order valence-electron chi connectivity index (χ2n) is 3.23. The highest BCUT2D eigenvalue weighted by atomic mass is 79.9. The lowest BCUT2D eigenvalue weighted by Gasteiger charge is -2.08. The third kappa shape index (κ3) is 2.59. The molecule has 90 valence electrons. The molecule has 2 aromatic rings. The predicted molar refractivity (Wildman–Crippen MR) is 68.0 cm³/mol. The molecule has 0 radical (unpaired) electrons. The number of halogens is 1. The number of nitrogens with two attached hydrogens (primary N) is 1. The summed E-state index contributed by atoms with van der Waals surface area (Å²) in [5.74, 6) is 0.143. The number of sulfonamides is 1. The van der Waals surface area contributed by atoms with Crippen LogP contribution >= 0.6 is 15.9 Å². The number of nitrogens with one attached hydrogen (secondary N) is 2. The lowest BCUT2D eigenvalue weighted by molar-refractivity contribution is 0.601. The van der Waals surface area contributed by atoms with E-state index in [4.69, 9.17) is 5.73 Å². The average Bonchev–Trinajstić information content (AvgIpc) is 2.73. The lowest BCUT2D eigenvalue weighted by Crippen LogP contribution is -2.15. The van der Waals surface area contributed by atoms with Crippen molar-refractivity contribution < 1.29 is 8.42 Å². The first-order valence-electron chi connectivity index (χ1n) is 4.56. The summed E-state index contributed by atoms with van der Waals surface area (Å²) < 4.78 is 26.9. The second-order valence-corrected chi connectivity index (χ2v) is 5.79. The number of nitrogen functional groups attached to an aromatic ring is 1. The molecule has 0 spiro atoms. The molecule has 0 atom stereocenters. The maximum absolute atomic E-state index is 12.0. The number of aromatic amines is 1. The van der Waals surface area contributed by atoms with Crippen LogP contribution < -0.4 is 10.5 Å². The van der Waals surface area contributed by atoms with Crippen LogP contribution in [-0.4, -0.2) is 18.4 Å². The van der Waals surface area contributed by atoms with Gasteiger partial charge in [-0.1, -0.05) is 15.9 Å². The lowest BCUT2D eigenvalue weighted by atomic mass is 10.3. The molecule has 0 unspecified atom stereocenters. The highest BCUT2D eigenvalue weighted by molar-refractivity contribution is 9.10. The van der Waals surface area contributed by atoms with Crippen LogP contribution in [0, 0.1) is 0 Å². The SMILES string of the molecule is Nc1ccc(Br)cc1S(=O)(=O)Nc1ncc[nH]1. The quantitative estimate of drug-likeness (QED) is 0.748. The van der Waals surface area contributed by atoms with Gasteiger partial charge in [0.25, 0.3) is 10.0 Å². The van der Waals surface area contributed by atoms with E-state index in [0.29, 0.717) is 4.47 Å². The van der Waals surface area contributed by atoms with Crippen molar-refractivity contribution in [1.29, 1.82) is 0 Å². The van der Waals surface area contributed by atoms with E-state index in [9.17, 15) is 8.42 Å². The summed E-state index contributed by atoms with van der Waals surface area (Å²) in [4.78, 5) is 6.43. The molecule has 0 aliphatic carbocycles. The van der Waals surface area contributed by atoms with Crippen molar-refractivity contribution in [2.75, 3.05) is 10.5 Å². The van der Waals surface area contributed by atoms with Gasteiger partial charge >= 0.3 is 0 Å². The minimum atomic E-state index is -3.74. The molecule has 0 aliphatic heterocycles. The fourth-order valence-corrected chi connectivity index (χ4v) is 2.89. The van der Waals surface area contributed by atoms with Gasteiger partial charge in [0.2, 0.25) is 5.95 Å². The van der Waals surface area contributed by atoms with Gasteiger partial charge in [-0.3, -0.25) is 0 Å². The van der Waals surface area contributed by atoms with Gasteiger partial charge in [-0.15, -0.1) is 0 Å². The molecule has 0 fully saturated rings. The number of aromatic nitrogens is 2. The summed E-state index contributed by atoms with van der Waals surface area (Å²) in [5, 5.41) is 0. The summed E-state index contributed by atoms with van der Waals surface area (Å²) in [6, 6.07) is 4.61. The first kappa shape index (κ1) is 11.9. The Hall–Kier alpha value is -1.54. The average molecular weight is 317 g/mol. The number of H-pyrrole nitrogens is 1. The Kier molecular flexibility index (Phi) is 3.07. The highest BCUT2D eigenvalue weighted by Crippen LogP contribution is 2.24. The van der Waals surface area contributed by atoms with E-state index in [1.165, 1.54) is 24.5 Å². The fraction of sp³-hybridized carbons (Fsp3) is 0. The highest BCUT2D eigenvalue weighted by Gasteiger charge is 2.18. The number of rotatable bonds is 3. The van der Waals surface area contributed by atoms with E-state index >= 15 is 0 Å². The van der Waals surface area contributed by atoms with E-state index < -0.39 is 10.0 Å². The standard InChI is InChI=1S/C9H9BrN4O2S/c10-6-1-2-7(11)8(5-6)17(15,16)14-9-12-3-4-13-9/h1-5H,11H2,(H2,12,13,14). The molecule has 0 aliphatic rings. The molecule has 0 amide bonds. The van der Waals surface area contributed by atoms with Crippen LogP contribution in [0.15, 0.2) is 40.0 Å². The van der Waals surface area contributed by atoms with Crippen LogP contribution in [-0.2, 0) is 10.0 Å². The molecule has 0 saturated heterocycles. The minimum absolute atomic E-state index is 0.00303. The van der Waals surface area contributed by atoms with Crippen molar-refractivity contribution in [3.63, 3.8) is 0 Å². The van der Waals surface area contributed by atoms with Crippen molar-refractivity contribution in [3.8, 4) is 0 Å². The van der Waals surface area contributed by atoms with Crippen LogP contribution in [0.25, 0.3) is 0 Å². The van der Waals surface area contributed by atoms with E-state index in [-0.39, 0.29) is 16.5 Å². The zero-order valence-corrected chi connectivity index (χ0v) is 10.9. The van der Waals surface area contributed by atoms with Gasteiger partial charge < -0.3 is 10.7 Å². The number of imidazole rings is 1. The van der Waals surface area contributed by atoms with Crippen molar-refractivity contribution >= 4 is 37.6 Å². The largest absolute Gasteiger partial charge is 0.398 e. The summed E-state index contributed by atoms with van der Waals surface area (Å²) >= 11 is 3.20. The van der Waals surface area contributed by atoms with E-state index in [0.717, 1.165) is 0 Å². The van der Waals surface area contributed by atoms with Gasteiger partial charge in [0.05, 0.1) is 5.69 Å². The van der Waals surface area contributed by atoms with Crippen LogP contribution in [0.3, 0.4) is 0 Å². The van der Waals surface area contributed by atoms with E-state index in [2.05, 4.69) is 30.6 Å². The molecule has 0 saturated carbocycles. The van der Waals surface area contributed by atoms with Crippen molar-refractivity contribution in [2.24, 2.45) is 0 Å². The molecule has 1 aromatic heterocycles. The van der Waals surface area contributed by atoms with Gasteiger partial charge in [0.15, 0.2) is 0 Å². The molecule has 1 aromatic carbocycles. The Balaban J connectivity index is 2.41. The number of hydrogen-bond donors (Lipinski definition) is 3. The molecule has 17 heavy (non-hydrogen) atoms. The first-order chi connectivity index (χ1) is 7.99. The van der Waals surface area contributed by atoms with Crippen LogP contribution in [0.4, 0.5) is 11.6 Å². The maximum atomic E-state index is 12.0. The fourth-order valence-electron chi connectivity index (χ4n) is 1.24. The molecule has 1 heterocycles. The Bertz CT molecular complexity index is 624.